The van der Waals surface area contributed by atoms with Gasteiger partial charge in [-0.15, -0.1) is 0 Å². The molecule has 1 aromatic heterocycles. The number of sulfonamides is 1. The number of rotatable bonds is 4. The standard InChI is InChI=1S/C13H20N4O3S/c1-21(19,20)16-8-11-5-6-14-17(11)12(9-16)7-13(18)15-10-3-2-4-10/h5-6,10,12H,2-4,7-9H2,1H3,(H,15,18)/t12-/m0/s1. The van der Waals surface area contributed by atoms with E-state index in [9.17, 15) is 13.2 Å². The van der Waals surface area contributed by atoms with E-state index in [0.717, 1.165) is 18.5 Å². The fourth-order valence-corrected chi connectivity index (χ4v) is 3.62. The minimum absolute atomic E-state index is 0.0264. The van der Waals surface area contributed by atoms with Crippen molar-refractivity contribution in [1.82, 2.24) is 19.4 Å². The molecular formula is C13H20N4O3S. The van der Waals surface area contributed by atoms with Crippen LogP contribution in [0.5, 0.6) is 0 Å². The third-order valence-electron chi connectivity index (χ3n) is 4.21. The van der Waals surface area contributed by atoms with Gasteiger partial charge in [-0.25, -0.2) is 8.42 Å². The molecule has 7 nitrogen and oxygen atoms in total. The zero-order valence-electron chi connectivity index (χ0n) is 12.0. The molecule has 1 N–H and O–H groups in total. The van der Waals surface area contributed by atoms with Gasteiger partial charge in [0.15, 0.2) is 0 Å². The lowest BCUT2D eigenvalue weighted by molar-refractivity contribution is -0.123. The maximum atomic E-state index is 12.1. The number of hydrogen-bond acceptors (Lipinski definition) is 4. The minimum atomic E-state index is -3.27. The second-order valence-corrected chi connectivity index (χ2v) is 7.86. The molecule has 3 rings (SSSR count). The van der Waals surface area contributed by atoms with E-state index in [4.69, 9.17) is 0 Å². The van der Waals surface area contributed by atoms with Crippen molar-refractivity contribution in [2.24, 2.45) is 0 Å². The number of amides is 1. The van der Waals surface area contributed by atoms with Gasteiger partial charge in [0.2, 0.25) is 15.9 Å². The molecule has 0 spiro atoms. The second kappa shape index (κ2) is 5.42. The van der Waals surface area contributed by atoms with Crippen molar-refractivity contribution in [2.75, 3.05) is 12.8 Å². The largest absolute Gasteiger partial charge is 0.353 e. The first kappa shape index (κ1) is 14.5. The predicted molar refractivity (Wildman–Crippen MR) is 76.9 cm³/mol. The number of carbonyl (C=O) groups is 1. The van der Waals surface area contributed by atoms with E-state index in [-0.39, 0.29) is 18.4 Å². The summed E-state index contributed by atoms with van der Waals surface area (Å²) in [6.45, 7) is 0.616. The van der Waals surface area contributed by atoms with E-state index in [2.05, 4.69) is 10.4 Å². The molecule has 1 saturated carbocycles. The first-order valence-corrected chi connectivity index (χ1v) is 9.05. The van der Waals surface area contributed by atoms with Crippen molar-refractivity contribution in [3.05, 3.63) is 18.0 Å². The number of hydrogen-bond donors (Lipinski definition) is 1. The Morgan fingerprint density at radius 1 is 1.48 bits per heavy atom. The van der Waals surface area contributed by atoms with E-state index < -0.39 is 10.0 Å². The minimum Gasteiger partial charge on any atom is -0.353 e. The first-order valence-electron chi connectivity index (χ1n) is 7.20. The number of nitrogens with one attached hydrogen (secondary N) is 1. The molecule has 0 unspecified atom stereocenters. The van der Waals surface area contributed by atoms with Crippen LogP contribution in [0.1, 0.15) is 37.4 Å². The molecule has 2 aliphatic rings. The van der Waals surface area contributed by atoms with E-state index in [0.29, 0.717) is 19.1 Å². The van der Waals surface area contributed by atoms with Crippen LogP contribution in [0, 0.1) is 0 Å². The Labute approximate surface area is 124 Å². The fourth-order valence-electron chi connectivity index (χ4n) is 2.81. The van der Waals surface area contributed by atoms with Crippen molar-refractivity contribution in [2.45, 2.75) is 44.3 Å². The maximum Gasteiger partial charge on any atom is 0.222 e. The first-order chi connectivity index (χ1) is 9.93. The van der Waals surface area contributed by atoms with Crippen molar-refractivity contribution in [1.29, 1.82) is 0 Å². The van der Waals surface area contributed by atoms with Crippen molar-refractivity contribution in [3.8, 4) is 0 Å². The van der Waals surface area contributed by atoms with Gasteiger partial charge in [0.05, 0.1) is 31.0 Å². The lowest BCUT2D eigenvalue weighted by Gasteiger charge is -2.33. The summed E-state index contributed by atoms with van der Waals surface area (Å²) in [5.41, 5.74) is 0.827. The molecule has 2 heterocycles. The van der Waals surface area contributed by atoms with E-state index in [1.807, 2.05) is 0 Å². The van der Waals surface area contributed by atoms with Gasteiger partial charge in [-0.05, 0) is 25.3 Å². The van der Waals surface area contributed by atoms with Crippen molar-refractivity contribution < 1.29 is 13.2 Å². The normalized spacial score (nSPS) is 23.4. The monoisotopic (exact) mass is 312 g/mol. The molecule has 0 bridgehead atoms. The van der Waals surface area contributed by atoms with E-state index in [1.54, 1.807) is 16.9 Å². The van der Waals surface area contributed by atoms with Crippen LogP contribution in [0.15, 0.2) is 12.3 Å². The lowest BCUT2D eigenvalue weighted by Crippen LogP contribution is -2.44. The Bertz CT molecular complexity index is 636. The molecule has 1 aromatic rings. The highest BCUT2D eigenvalue weighted by atomic mass is 32.2. The van der Waals surface area contributed by atoms with Crippen LogP contribution in [-0.2, 0) is 21.4 Å². The quantitative estimate of drug-likeness (QED) is 0.864. The van der Waals surface area contributed by atoms with Gasteiger partial charge in [0, 0.05) is 18.8 Å². The van der Waals surface area contributed by atoms with Gasteiger partial charge in [-0.2, -0.15) is 9.40 Å². The molecule has 1 amide bonds. The van der Waals surface area contributed by atoms with Gasteiger partial charge < -0.3 is 5.32 Å². The number of nitrogens with zero attached hydrogens (tertiary/aromatic N) is 3. The zero-order valence-corrected chi connectivity index (χ0v) is 12.8. The van der Waals surface area contributed by atoms with Crippen LogP contribution in [0.4, 0.5) is 0 Å². The summed E-state index contributed by atoms with van der Waals surface area (Å²) < 4.78 is 26.7. The summed E-state index contributed by atoms with van der Waals surface area (Å²) in [6, 6.07) is 1.86. The molecule has 0 radical (unpaired) electrons. The molecule has 8 heteroatoms. The summed E-state index contributed by atoms with van der Waals surface area (Å²) in [5, 5.41) is 7.23. The molecule has 0 aromatic carbocycles. The zero-order chi connectivity index (χ0) is 15.0. The van der Waals surface area contributed by atoms with Crippen LogP contribution >= 0.6 is 0 Å². The smallest absolute Gasteiger partial charge is 0.222 e. The van der Waals surface area contributed by atoms with Gasteiger partial charge >= 0.3 is 0 Å². The predicted octanol–water partition coefficient (Wildman–Crippen LogP) is 0.258. The molecule has 1 atom stereocenters. The topological polar surface area (TPSA) is 84.3 Å². The Morgan fingerprint density at radius 3 is 2.86 bits per heavy atom. The second-order valence-electron chi connectivity index (χ2n) is 5.88. The Kier molecular flexibility index (Phi) is 3.75. The summed E-state index contributed by atoms with van der Waals surface area (Å²) in [7, 11) is -3.27. The molecule has 1 fully saturated rings. The van der Waals surface area contributed by atoms with Crippen LogP contribution in [0.3, 0.4) is 0 Å². The maximum absolute atomic E-state index is 12.1. The molecule has 21 heavy (non-hydrogen) atoms. The van der Waals surface area contributed by atoms with E-state index >= 15 is 0 Å². The number of carbonyl (C=O) groups excluding carboxylic acids is 1. The molecule has 0 saturated heterocycles. The third-order valence-corrected chi connectivity index (χ3v) is 5.43. The highest BCUT2D eigenvalue weighted by Gasteiger charge is 2.32. The SMILES string of the molecule is CS(=O)(=O)N1Cc2ccnn2[C@@H](CC(=O)NC2CCC2)C1. The lowest BCUT2D eigenvalue weighted by atomic mass is 9.93. The van der Waals surface area contributed by atoms with Crippen LogP contribution in [-0.4, -0.2) is 47.3 Å². The number of fused-ring (bicyclic) bond motifs is 1. The van der Waals surface area contributed by atoms with Gasteiger partial charge in [0.25, 0.3) is 0 Å². The third kappa shape index (κ3) is 3.11. The van der Waals surface area contributed by atoms with Gasteiger partial charge in [-0.1, -0.05) is 0 Å². The Hall–Kier alpha value is -1.41. The molecular weight excluding hydrogens is 292 g/mol. The highest BCUT2D eigenvalue weighted by molar-refractivity contribution is 7.88. The molecule has 1 aliphatic carbocycles. The molecule has 116 valence electrons. The number of aromatic nitrogens is 2. The summed E-state index contributed by atoms with van der Waals surface area (Å²) in [6.07, 6.45) is 6.36. The van der Waals surface area contributed by atoms with Crippen LogP contribution in [0.2, 0.25) is 0 Å². The highest BCUT2D eigenvalue weighted by Crippen LogP contribution is 2.25. The summed E-state index contributed by atoms with van der Waals surface area (Å²) in [4.78, 5) is 12.1. The van der Waals surface area contributed by atoms with Crippen LogP contribution < -0.4 is 5.32 Å². The van der Waals surface area contributed by atoms with Crippen molar-refractivity contribution in [3.63, 3.8) is 0 Å². The summed E-state index contributed by atoms with van der Waals surface area (Å²) >= 11 is 0. The summed E-state index contributed by atoms with van der Waals surface area (Å²) in [5.74, 6) is -0.0264. The van der Waals surface area contributed by atoms with Gasteiger partial charge in [0.1, 0.15) is 0 Å². The Morgan fingerprint density at radius 2 is 2.24 bits per heavy atom. The van der Waals surface area contributed by atoms with Crippen LogP contribution in [0.25, 0.3) is 0 Å². The van der Waals surface area contributed by atoms with E-state index in [1.165, 1.54) is 17.0 Å². The fraction of sp³-hybridized carbons (Fsp3) is 0.692. The van der Waals surface area contributed by atoms with Gasteiger partial charge in [-0.3, -0.25) is 9.48 Å². The van der Waals surface area contributed by atoms with Crippen molar-refractivity contribution >= 4 is 15.9 Å². The Balaban J connectivity index is 1.72. The average Bonchev–Trinajstić information content (AvgIpc) is 2.81. The molecule has 1 aliphatic heterocycles. The average molecular weight is 312 g/mol.